The van der Waals surface area contributed by atoms with Crippen LogP contribution in [0.3, 0.4) is 0 Å². The first-order valence-electron chi connectivity index (χ1n) is 5.69. The Kier molecular flexibility index (Phi) is 5.17. The molecule has 0 radical (unpaired) electrons. The number of aliphatic hydroxyl groups excluding tert-OH is 1. The van der Waals surface area contributed by atoms with E-state index in [1.165, 1.54) is 0 Å². The van der Waals surface area contributed by atoms with Gasteiger partial charge in [-0.3, -0.25) is 0 Å². The lowest BCUT2D eigenvalue weighted by molar-refractivity contribution is -0.0126. The third-order valence-corrected chi connectivity index (χ3v) is 4.56. The molecule has 1 rings (SSSR count). The summed E-state index contributed by atoms with van der Waals surface area (Å²) in [6.45, 7) is 3.34. The van der Waals surface area contributed by atoms with Crippen molar-refractivity contribution in [3.05, 3.63) is 0 Å². The van der Waals surface area contributed by atoms with Crippen LogP contribution in [-0.2, 0) is 14.8 Å². The lowest BCUT2D eigenvalue weighted by Crippen LogP contribution is -2.44. The maximum atomic E-state index is 11.5. The van der Waals surface area contributed by atoms with Crippen LogP contribution in [0, 0.1) is 5.41 Å². The van der Waals surface area contributed by atoms with Gasteiger partial charge in [-0.2, -0.15) is 0 Å². The number of rotatable bonds is 6. The SMILES string of the molecule is CCCS(=O)(=O)NCC1(CO)CCOCC1. The highest BCUT2D eigenvalue weighted by Gasteiger charge is 2.32. The third-order valence-electron chi connectivity index (χ3n) is 3.03. The van der Waals surface area contributed by atoms with Gasteiger partial charge in [-0.05, 0) is 19.3 Å². The van der Waals surface area contributed by atoms with Crippen LogP contribution in [0.1, 0.15) is 26.2 Å². The van der Waals surface area contributed by atoms with Gasteiger partial charge in [0.05, 0.1) is 12.4 Å². The van der Waals surface area contributed by atoms with Crippen LogP contribution in [0.15, 0.2) is 0 Å². The highest BCUT2D eigenvalue weighted by molar-refractivity contribution is 7.89. The molecule has 0 amide bonds. The van der Waals surface area contributed by atoms with Crippen molar-refractivity contribution >= 4 is 10.0 Å². The molecule has 1 fully saturated rings. The zero-order chi connectivity index (χ0) is 12.1. The summed E-state index contributed by atoms with van der Waals surface area (Å²) >= 11 is 0. The molecule has 0 aromatic carbocycles. The maximum Gasteiger partial charge on any atom is 0.211 e. The summed E-state index contributed by atoms with van der Waals surface area (Å²) in [6.07, 6.45) is 2.01. The summed E-state index contributed by atoms with van der Waals surface area (Å²) < 4.78 is 30.8. The fraction of sp³-hybridized carbons (Fsp3) is 1.00. The Bertz CT molecular complexity index is 296. The Labute approximate surface area is 97.2 Å². The summed E-state index contributed by atoms with van der Waals surface area (Å²) in [7, 11) is -3.18. The van der Waals surface area contributed by atoms with E-state index in [0.717, 1.165) is 0 Å². The zero-order valence-electron chi connectivity index (χ0n) is 9.74. The second kappa shape index (κ2) is 5.95. The first-order valence-corrected chi connectivity index (χ1v) is 7.35. The fourth-order valence-electron chi connectivity index (χ4n) is 1.80. The van der Waals surface area contributed by atoms with Crippen LogP contribution in [0.4, 0.5) is 0 Å². The second-order valence-electron chi connectivity index (χ2n) is 4.41. The summed E-state index contributed by atoms with van der Waals surface area (Å²) in [6, 6.07) is 0. The predicted octanol–water partition coefficient (Wildman–Crippen LogP) is 0.105. The number of sulfonamides is 1. The minimum absolute atomic E-state index is 0.00497. The average Bonchev–Trinajstić information content (AvgIpc) is 2.28. The largest absolute Gasteiger partial charge is 0.396 e. The summed E-state index contributed by atoms with van der Waals surface area (Å²) in [5.74, 6) is 0.144. The number of aliphatic hydroxyl groups is 1. The molecule has 2 N–H and O–H groups in total. The van der Waals surface area contributed by atoms with Crippen molar-refractivity contribution in [2.75, 3.05) is 32.1 Å². The molecule has 0 bridgehead atoms. The quantitative estimate of drug-likeness (QED) is 0.702. The molecule has 16 heavy (non-hydrogen) atoms. The Balaban J connectivity index is 2.50. The van der Waals surface area contributed by atoms with Crippen LogP contribution in [0.2, 0.25) is 0 Å². The number of hydrogen-bond donors (Lipinski definition) is 2. The van der Waals surface area contributed by atoms with E-state index < -0.39 is 10.0 Å². The van der Waals surface area contributed by atoms with Gasteiger partial charge in [0.25, 0.3) is 0 Å². The zero-order valence-corrected chi connectivity index (χ0v) is 10.6. The highest BCUT2D eigenvalue weighted by atomic mass is 32.2. The van der Waals surface area contributed by atoms with Crippen molar-refractivity contribution in [1.29, 1.82) is 0 Å². The third kappa shape index (κ3) is 4.01. The summed E-state index contributed by atoms with van der Waals surface area (Å²) in [5, 5.41) is 9.38. The molecule has 0 aliphatic carbocycles. The molecule has 0 aromatic rings. The normalized spacial score (nSPS) is 20.9. The van der Waals surface area contributed by atoms with Gasteiger partial charge >= 0.3 is 0 Å². The van der Waals surface area contributed by atoms with E-state index in [4.69, 9.17) is 4.74 Å². The maximum absolute atomic E-state index is 11.5. The molecule has 0 unspecified atom stereocenters. The van der Waals surface area contributed by atoms with E-state index >= 15 is 0 Å². The van der Waals surface area contributed by atoms with Crippen molar-refractivity contribution in [3.8, 4) is 0 Å². The Morgan fingerprint density at radius 1 is 1.38 bits per heavy atom. The monoisotopic (exact) mass is 251 g/mol. The van der Waals surface area contributed by atoms with Crippen LogP contribution < -0.4 is 4.72 Å². The number of hydrogen-bond acceptors (Lipinski definition) is 4. The van der Waals surface area contributed by atoms with Crippen LogP contribution in [0.5, 0.6) is 0 Å². The van der Waals surface area contributed by atoms with E-state index in [2.05, 4.69) is 4.72 Å². The molecular weight excluding hydrogens is 230 g/mol. The Hall–Kier alpha value is -0.170. The molecule has 5 nitrogen and oxygen atoms in total. The Morgan fingerprint density at radius 3 is 2.50 bits per heavy atom. The van der Waals surface area contributed by atoms with Crippen LogP contribution >= 0.6 is 0 Å². The molecule has 1 saturated heterocycles. The second-order valence-corrected chi connectivity index (χ2v) is 6.34. The molecule has 96 valence electrons. The van der Waals surface area contributed by atoms with Crippen LogP contribution in [-0.4, -0.2) is 45.6 Å². The van der Waals surface area contributed by atoms with Crippen molar-refractivity contribution in [3.63, 3.8) is 0 Å². The van der Waals surface area contributed by atoms with Crippen molar-refractivity contribution in [1.82, 2.24) is 4.72 Å². The number of ether oxygens (including phenoxy) is 1. The smallest absolute Gasteiger partial charge is 0.211 e. The minimum atomic E-state index is -3.18. The van der Waals surface area contributed by atoms with E-state index in [1.807, 2.05) is 6.92 Å². The summed E-state index contributed by atoms with van der Waals surface area (Å²) in [5.41, 5.74) is -0.334. The molecule has 6 heteroatoms. The molecule has 1 aliphatic heterocycles. The van der Waals surface area contributed by atoms with Crippen molar-refractivity contribution in [2.45, 2.75) is 26.2 Å². The standard InChI is InChI=1S/C10H21NO4S/c1-2-7-16(13,14)11-8-10(9-12)3-5-15-6-4-10/h11-12H,2-9H2,1H3. The lowest BCUT2D eigenvalue weighted by Gasteiger charge is -2.35. The van der Waals surface area contributed by atoms with Gasteiger partial charge in [0.2, 0.25) is 10.0 Å². The molecular formula is C10H21NO4S. The average molecular weight is 251 g/mol. The first kappa shape index (κ1) is 13.9. The summed E-state index contributed by atoms with van der Waals surface area (Å²) in [4.78, 5) is 0. The molecule has 1 aliphatic rings. The van der Waals surface area contributed by atoms with Gasteiger partial charge in [0, 0.05) is 25.2 Å². The van der Waals surface area contributed by atoms with E-state index in [0.29, 0.717) is 39.0 Å². The van der Waals surface area contributed by atoms with Crippen molar-refractivity contribution in [2.24, 2.45) is 5.41 Å². The van der Waals surface area contributed by atoms with E-state index in [9.17, 15) is 13.5 Å². The first-order chi connectivity index (χ1) is 7.54. The molecule has 0 aromatic heterocycles. The minimum Gasteiger partial charge on any atom is -0.396 e. The molecule has 0 saturated carbocycles. The van der Waals surface area contributed by atoms with E-state index in [-0.39, 0.29) is 17.8 Å². The molecule has 0 atom stereocenters. The molecule has 0 spiro atoms. The number of nitrogens with one attached hydrogen (secondary N) is 1. The van der Waals surface area contributed by atoms with Crippen LogP contribution in [0.25, 0.3) is 0 Å². The van der Waals surface area contributed by atoms with Gasteiger partial charge in [-0.25, -0.2) is 13.1 Å². The predicted molar refractivity (Wildman–Crippen MR) is 61.7 cm³/mol. The van der Waals surface area contributed by atoms with Gasteiger partial charge in [0.15, 0.2) is 0 Å². The Morgan fingerprint density at radius 2 is 2.00 bits per heavy atom. The lowest BCUT2D eigenvalue weighted by atomic mass is 9.81. The fourth-order valence-corrected chi connectivity index (χ4v) is 3.01. The topological polar surface area (TPSA) is 75.6 Å². The molecule has 1 heterocycles. The highest BCUT2D eigenvalue weighted by Crippen LogP contribution is 2.29. The van der Waals surface area contributed by atoms with Gasteiger partial charge < -0.3 is 9.84 Å². The van der Waals surface area contributed by atoms with Gasteiger partial charge in [-0.15, -0.1) is 0 Å². The van der Waals surface area contributed by atoms with Gasteiger partial charge in [0.1, 0.15) is 0 Å². The van der Waals surface area contributed by atoms with E-state index in [1.54, 1.807) is 0 Å². The van der Waals surface area contributed by atoms with Gasteiger partial charge in [-0.1, -0.05) is 6.92 Å². The van der Waals surface area contributed by atoms with Crippen molar-refractivity contribution < 1.29 is 18.3 Å².